The van der Waals surface area contributed by atoms with Crippen LogP contribution in [0.15, 0.2) is 88.1 Å². The van der Waals surface area contributed by atoms with E-state index in [-0.39, 0.29) is 11.3 Å². The first-order chi connectivity index (χ1) is 17.9. The number of hydrogen-bond acceptors (Lipinski definition) is 8. The number of phenols is 1. The monoisotopic (exact) mass is 547 g/mol. The minimum Gasteiger partial charge on any atom is -0.508 e. The third kappa shape index (κ3) is 4.58. The number of benzene rings is 4. The zero-order valence-corrected chi connectivity index (χ0v) is 21.1. The molecule has 2 heterocycles. The van der Waals surface area contributed by atoms with Crippen molar-refractivity contribution >= 4 is 67.1 Å². The molecule has 0 spiro atoms. The summed E-state index contributed by atoms with van der Waals surface area (Å²) in [6.07, 6.45) is 0. The molecular weight excluding hydrogens is 533 g/mol. The number of halogens is 2. The largest absolute Gasteiger partial charge is 0.508 e. The van der Waals surface area contributed by atoms with Gasteiger partial charge in [-0.2, -0.15) is 0 Å². The van der Waals surface area contributed by atoms with Gasteiger partial charge in [0.25, 0.3) is 0 Å². The number of hydrogen-bond donors (Lipinski definition) is 2. The number of anilines is 2. The van der Waals surface area contributed by atoms with Crippen LogP contribution in [0.4, 0.5) is 10.8 Å². The number of ether oxygens (including phenoxy) is 1. The molecule has 7 nitrogen and oxygen atoms in total. The molecule has 0 unspecified atom stereocenters. The van der Waals surface area contributed by atoms with Crippen molar-refractivity contribution in [2.24, 2.45) is 0 Å². The molecule has 6 aromatic rings. The summed E-state index contributed by atoms with van der Waals surface area (Å²) in [5, 5.41) is 25.3. The third-order valence-corrected chi connectivity index (χ3v) is 7.11. The van der Waals surface area contributed by atoms with E-state index < -0.39 is 5.63 Å². The summed E-state index contributed by atoms with van der Waals surface area (Å²) in [6, 6.07) is 22.8. The molecular formula is C27H15Cl2N3O4S. The van der Waals surface area contributed by atoms with Gasteiger partial charge in [0.1, 0.15) is 22.8 Å². The molecule has 0 bridgehead atoms. The Morgan fingerprint density at radius 1 is 0.865 bits per heavy atom. The van der Waals surface area contributed by atoms with Gasteiger partial charge in [-0.1, -0.05) is 58.8 Å². The van der Waals surface area contributed by atoms with Crippen LogP contribution in [0.3, 0.4) is 0 Å². The zero-order chi connectivity index (χ0) is 25.5. The number of nitrogens with zero attached hydrogens (tertiary/aromatic N) is 2. The van der Waals surface area contributed by atoms with Gasteiger partial charge in [-0.15, -0.1) is 10.2 Å². The van der Waals surface area contributed by atoms with Crippen LogP contribution in [0.1, 0.15) is 0 Å². The summed E-state index contributed by atoms with van der Waals surface area (Å²) in [5.74, 6) is 1.14. The number of aromatic hydroxyl groups is 1. The van der Waals surface area contributed by atoms with E-state index in [0.29, 0.717) is 48.3 Å². The third-order valence-electron chi connectivity index (χ3n) is 5.61. The molecule has 0 amide bonds. The topological polar surface area (TPSA) is 97.5 Å². The second-order valence-corrected chi connectivity index (χ2v) is 9.84. The summed E-state index contributed by atoms with van der Waals surface area (Å²) in [5.41, 5.74) is 0.669. The van der Waals surface area contributed by atoms with E-state index in [1.807, 2.05) is 30.3 Å². The normalized spacial score (nSPS) is 11.2. The fourth-order valence-electron chi connectivity index (χ4n) is 3.86. The van der Waals surface area contributed by atoms with Gasteiger partial charge in [0.05, 0.1) is 10.6 Å². The van der Waals surface area contributed by atoms with Crippen LogP contribution in [0.5, 0.6) is 17.2 Å². The summed E-state index contributed by atoms with van der Waals surface area (Å²) in [7, 11) is 0. The van der Waals surface area contributed by atoms with Gasteiger partial charge in [0.15, 0.2) is 5.01 Å². The quantitative estimate of drug-likeness (QED) is 0.211. The summed E-state index contributed by atoms with van der Waals surface area (Å²) < 4.78 is 11.4. The summed E-state index contributed by atoms with van der Waals surface area (Å²) in [6.45, 7) is 0. The van der Waals surface area contributed by atoms with Crippen molar-refractivity contribution < 1.29 is 14.3 Å². The lowest BCUT2D eigenvalue weighted by Gasteiger charge is -2.12. The highest BCUT2D eigenvalue weighted by Gasteiger charge is 2.15. The standard InChI is InChI=1S/C27H15Cl2N3O4S/c28-20-8-10-22(18-4-2-1-3-17(18)20)35-23-9-6-15(12-21(23)29)30-27-32-31-25(37-27)19-11-14-5-7-16(33)13-24(14)36-26(19)34/h1-13,33H,(H,30,32). The van der Waals surface area contributed by atoms with Crippen LogP contribution in [-0.4, -0.2) is 15.3 Å². The van der Waals surface area contributed by atoms with Crippen LogP contribution in [-0.2, 0) is 0 Å². The smallest absolute Gasteiger partial charge is 0.346 e. The molecule has 2 N–H and O–H groups in total. The van der Waals surface area contributed by atoms with Crippen LogP contribution < -0.4 is 15.7 Å². The zero-order valence-electron chi connectivity index (χ0n) is 18.7. The second kappa shape index (κ2) is 9.40. The molecule has 182 valence electrons. The molecule has 0 fully saturated rings. The molecule has 4 aromatic carbocycles. The van der Waals surface area contributed by atoms with Gasteiger partial charge in [0.2, 0.25) is 5.13 Å². The number of fused-ring (bicyclic) bond motifs is 2. The first-order valence-electron chi connectivity index (χ1n) is 11.0. The molecule has 0 saturated carbocycles. The molecule has 2 aromatic heterocycles. The van der Waals surface area contributed by atoms with Crippen molar-refractivity contribution in [3.05, 3.63) is 99.3 Å². The molecule has 10 heteroatoms. The SMILES string of the molecule is O=c1oc2cc(O)ccc2cc1-c1nnc(Nc2ccc(Oc3ccc(Cl)c4ccccc34)c(Cl)c2)s1. The van der Waals surface area contributed by atoms with Crippen molar-refractivity contribution in [3.8, 4) is 27.8 Å². The number of nitrogens with one attached hydrogen (secondary N) is 1. The minimum absolute atomic E-state index is 0.0161. The lowest BCUT2D eigenvalue weighted by Crippen LogP contribution is -2.02. The Morgan fingerprint density at radius 2 is 1.68 bits per heavy atom. The van der Waals surface area contributed by atoms with Crippen LogP contribution >= 0.6 is 34.5 Å². The van der Waals surface area contributed by atoms with Gasteiger partial charge in [-0.05, 0) is 48.5 Å². The van der Waals surface area contributed by atoms with Crippen molar-refractivity contribution in [2.45, 2.75) is 0 Å². The Kier molecular flexibility index (Phi) is 5.92. The number of phenolic OH excluding ortho intramolecular Hbond substituents is 1. The van der Waals surface area contributed by atoms with Crippen LogP contribution in [0, 0.1) is 0 Å². The Balaban J connectivity index is 1.24. The Morgan fingerprint density at radius 3 is 2.51 bits per heavy atom. The van der Waals surface area contributed by atoms with E-state index in [0.717, 1.165) is 10.8 Å². The molecule has 0 aliphatic carbocycles. The van der Waals surface area contributed by atoms with Crippen LogP contribution in [0.25, 0.3) is 32.3 Å². The average molecular weight is 548 g/mol. The molecule has 0 atom stereocenters. The highest BCUT2D eigenvalue weighted by molar-refractivity contribution is 7.18. The number of aromatic nitrogens is 2. The maximum atomic E-state index is 12.5. The molecule has 0 saturated heterocycles. The maximum absolute atomic E-state index is 12.5. The molecule has 37 heavy (non-hydrogen) atoms. The molecule has 0 radical (unpaired) electrons. The van der Waals surface area contributed by atoms with Crippen molar-refractivity contribution in [3.63, 3.8) is 0 Å². The van der Waals surface area contributed by atoms with Gasteiger partial charge in [-0.3, -0.25) is 0 Å². The van der Waals surface area contributed by atoms with E-state index in [1.54, 1.807) is 36.4 Å². The molecule has 6 rings (SSSR count). The first kappa shape index (κ1) is 23.3. The first-order valence-corrected chi connectivity index (χ1v) is 12.5. The van der Waals surface area contributed by atoms with E-state index in [9.17, 15) is 9.90 Å². The van der Waals surface area contributed by atoms with Crippen LogP contribution in [0.2, 0.25) is 10.0 Å². The summed E-state index contributed by atoms with van der Waals surface area (Å²) >= 11 is 14.0. The average Bonchev–Trinajstić information content (AvgIpc) is 3.35. The highest BCUT2D eigenvalue weighted by atomic mass is 35.5. The van der Waals surface area contributed by atoms with Crippen molar-refractivity contribution in [1.29, 1.82) is 0 Å². The lowest BCUT2D eigenvalue weighted by atomic mass is 10.1. The Bertz CT molecular complexity index is 1870. The fourth-order valence-corrected chi connectivity index (χ4v) is 5.07. The number of rotatable bonds is 5. The maximum Gasteiger partial charge on any atom is 0.346 e. The molecule has 0 aliphatic rings. The Hall–Kier alpha value is -4.11. The lowest BCUT2D eigenvalue weighted by molar-refractivity contribution is 0.473. The van der Waals surface area contributed by atoms with E-state index >= 15 is 0 Å². The van der Waals surface area contributed by atoms with E-state index in [1.165, 1.54) is 23.5 Å². The predicted molar refractivity (Wildman–Crippen MR) is 147 cm³/mol. The van der Waals surface area contributed by atoms with Crippen molar-refractivity contribution in [2.75, 3.05) is 5.32 Å². The summed E-state index contributed by atoms with van der Waals surface area (Å²) in [4.78, 5) is 12.5. The van der Waals surface area contributed by atoms with Gasteiger partial charge < -0.3 is 19.6 Å². The van der Waals surface area contributed by atoms with Gasteiger partial charge in [0, 0.05) is 32.9 Å². The fraction of sp³-hybridized carbons (Fsp3) is 0. The van der Waals surface area contributed by atoms with E-state index in [4.69, 9.17) is 32.4 Å². The van der Waals surface area contributed by atoms with E-state index in [2.05, 4.69) is 15.5 Å². The minimum atomic E-state index is -0.569. The Labute approximate surface area is 223 Å². The predicted octanol–water partition coefficient (Wildman–Crippen LogP) is 8.01. The van der Waals surface area contributed by atoms with Gasteiger partial charge in [-0.25, -0.2) is 4.79 Å². The van der Waals surface area contributed by atoms with Gasteiger partial charge >= 0.3 is 5.63 Å². The van der Waals surface area contributed by atoms with Crippen molar-refractivity contribution in [1.82, 2.24) is 10.2 Å². The highest BCUT2D eigenvalue weighted by Crippen LogP contribution is 2.38. The molecule has 0 aliphatic heterocycles. The second-order valence-electron chi connectivity index (χ2n) is 8.05.